The Kier molecular flexibility index (Phi) is 8.68. The van der Waals surface area contributed by atoms with Crippen molar-refractivity contribution >= 4 is 45.6 Å². The van der Waals surface area contributed by atoms with Gasteiger partial charge in [0.25, 0.3) is 0 Å². The summed E-state index contributed by atoms with van der Waals surface area (Å²) < 4.78 is 1.95. The summed E-state index contributed by atoms with van der Waals surface area (Å²) >= 11 is 8.13. The molecule has 2 heterocycles. The lowest BCUT2D eigenvalue weighted by Crippen LogP contribution is -2.26. The van der Waals surface area contributed by atoms with E-state index in [4.69, 9.17) is 11.6 Å². The molecule has 0 aliphatic rings. The molecule has 9 heteroatoms. The van der Waals surface area contributed by atoms with E-state index >= 15 is 0 Å². The number of benzene rings is 3. The van der Waals surface area contributed by atoms with Gasteiger partial charge in [-0.3, -0.25) is 4.98 Å². The maximum absolute atomic E-state index is 9.83. The number of rotatable bonds is 10. The predicted octanol–water partition coefficient (Wildman–Crippen LogP) is 6.71. The number of imidazole rings is 1. The molecule has 0 spiro atoms. The molecular weight excluding hydrogens is 538 g/mol. The van der Waals surface area contributed by atoms with Crippen molar-refractivity contribution in [3.63, 3.8) is 0 Å². The third kappa shape index (κ3) is 6.46. The summed E-state index contributed by atoms with van der Waals surface area (Å²) in [5.74, 6) is 0. The van der Waals surface area contributed by atoms with Gasteiger partial charge in [-0.25, -0.2) is 4.98 Å². The third-order valence-electron chi connectivity index (χ3n) is 6.49. The normalized spacial score (nSPS) is 11.2. The molecule has 0 unspecified atom stereocenters. The molecule has 5 aromatic rings. The van der Waals surface area contributed by atoms with Crippen LogP contribution in [-0.2, 0) is 13.6 Å². The Morgan fingerprint density at radius 1 is 1.05 bits per heavy atom. The number of nitrogens with one attached hydrogen (secondary N) is 2. The molecule has 0 saturated carbocycles. The van der Waals surface area contributed by atoms with Crippen molar-refractivity contribution in [3.05, 3.63) is 95.4 Å². The monoisotopic (exact) mass is 567 g/mol. The first-order valence-electron chi connectivity index (χ1n) is 12.9. The number of aryl methyl sites for hydroxylation is 1. The third-order valence-corrected chi connectivity index (χ3v) is 8.07. The molecule has 3 aromatic carbocycles. The van der Waals surface area contributed by atoms with E-state index in [0.29, 0.717) is 16.3 Å². The van der Waals surface area contributed by atoms with Crippen LogP contribution in [0.1, 0.15) is 11.1 Å². The molecule has 0 radical (unpaired) electrons. The Morgan fingerprint density at radius 3 is 2.65 bits per heavy atom. The fourth-order valence-electron chi connectivity index (χ4n) is 4.34. The maximum atomic E-state index is 9.83. The van der Waals surface area contributed by atoms with E-state index in [2.05, 4.69) is 82.1 Å². The Morgan fingerprint density at radius 2 is 1.90 bits per heavy atom. The average Bonchev–Trinajstić information content (AvgIpc) is 3.36. The molecule has 0 bridgehead atoms. The van der Waals surface area contributed by atoms with Crippen LogP contribution in [0.25, 0.3) is 22.0 Å². The minimum Gasteiger partial charge on any atom is -0.354 e. The number of nitrogens with zero attached hydrogens (tertiary/aromatic N) is 5. The van der Waals surface area contributed by atoms with E-state index in [1.807, 2.05) is 42.1 Å². The van der Waals surface area contributed by atoms with Crippen molar-refractivity contribution in [2.75, 3.05) is 32.5 Å². The lowest BCUT2D eigenvalue weighted by atomic mass is 10.00. The number of fused-ring (bicyclic) bond motifs is 1. The second-order valence-corrected chi connectivity index (χ2v) is 11.2. The first kappa shape index (κ1) is 27.7. The molecular formula is C31H30ClN7S. The van der Waals surface area contributed by atoms with Gasteiger partial charge in [0.15, 0.2) is 5.16 Å². The van der Waals surface area contributed by atoms with E-state index in [1.54, 1.807) is 12.4 Å². The van der Waals surface area contributed by atoms with Gasteiger partial charge in [-0.15, -0.1) is 0 Å². The minimum atomic E-state index is 0.466. The predicted molar refractivity (Wildman–Crippen MR) is 164 cm³/mol. The number of hydrogen-bond donors (Lipinski definition) is 2. The van der Waals surface area contributed by atoms with Crippen LogP contribution in [0.15, 0.2) is 89.3 Å². The molecule has 202 valence electrons. The average molecular weight is 568 g/mol. The molecule has 0 saturated heterocycles. The zero-order valence-electron chi connectivity index (χ0n) is 22.6. The number of likely N-dealkylation sites (N-methyl/N-ethyl adjacent to an activating group) is 1. The van der Waals surface area contributed by atoms with E-state index in [0.717, 1.165) is 57.4 Å². The molecule has 40 heavy (non-hydrogen) atoms. The number of anilines is 2. The van der Waals surface area contributed by atoms with E-state index < -0.39 is 0 Å². The van der Waals surface area contributed by atoms with Crippen molar-refractivity contribution in [1.29, 1.82) is 5.26 Å². The Hall–Kier alpha value is -3.87. The summed E-state index contributed by atoms with van der Waals surface area (Å²) in [5.41, 5.74) is 6.20. The van der Waals surface area contributed by atoms with Crippen LogP contribution in [0.2, 0.25) is 5.02 Å². The first-order chi connectivity index (χ1) is 19.4. The summed E-state index contributed by atoms with van der Waals surface area (Å²) in [6.45, 7) is 2.75. The fraction of sp³-hybridized carbons (Fsp3) is 0.194. The summed E-state index contributed by atoms with van der Waals surface area (Å²) in [5, 5.41) is 19.1. The lowest BCUT2D eigenvalue weighted by molar-refractivity contribution is 0.400. The van der Waals surface area contributed by atoms with Gasteiger partial charge in [0.05, 0.1) is 21.8 Å². The zero-order chi connectivity index (χ0) is 28.1. The topological polar surface area (TPSA) is 81.8 Å². The molecule has 2 N–H and O–H groups in total. The second kappa shape index (κ2) is 12.5. The summed E-state index contributed by atoms with van der Waals surface area (Å²) in [6.07, 6.45) is 5.28. The van der Waals surface area contributed by atoms with Crippen molar-refractivity contribution < 1.29 is 0 Å². The van der Waals surface area contributed by atoms with Gasteiger partial charge in [0.2, 0.25) is 0 Å². The summed E-state index contributed by atoms with van der Waals surface area (Å²) in [6, 6.07) is 22.8. The van der Waals surface area contributed by atoms with Gasteiger partial charge < -0.3 is 20.1 Å². The highest BCUT2D eigenvalue weighted by atomic mass is 35.5. The number of pyridine rings is 1. The molecule has 7 nitrogen and oxygen atoms in total. The van der Waals surface area contributed by atoms with Crippen molar-refractivity contribution in [2.45, 2.75) is 16.6 Å². The highest BCUT2D eigenvalue weighted by molar-refractivity contribution is 7.99. The summed E-state index contributed by atoms with van der Waals surface area (Å²) in [7, 11) is 6.10. The van der Waals surface area contributed by atoms with Gasteiger partial charge in [0.1, 0.15) is 6.07 Å². The van der Waals surface area contributed by atoms with Crippen LogP contribution in [0.5, 0.6) is 0 Å². The van der Waals surface area contributed by atoms with E-state index in [1.165, 1.54) is 17.3 Å². The molecule has 0 aliphatic heterocycles. The van der Waals surface area contributed by atoms with Crippen LogP contribution >= 0.6 is 23.4 Å². The number of aromatic nitrogens is 3. The zero-order valence-corrected chi connectivity index (χ0v) is 24.2. The Balaban J connectivity index is 1.39. The Bertz CT molecular complexity index is 1690. The van der Waals surface area contributed by atoms with Gasteiger partial charge in [-0.1, -0.05) is 53.7 Å². The van der Waals surface area contributed by atoms with Gasteiger partial charge >= 0.3 is 0 Å². The molecule has 0 amide bonds. The highest BCUT2D eigenvalue weighted by Crippen LogP contribution is 2.36. The van der Waals surface area contributed by atoms with Crippen LogP contribution < -0.4 is 10.6 Å². The first-order valence-corrected chi connectivity index (χ1v) is 14.1. The van der Waals surface area contributed by atoms with Gasteiger partial charge in [-0.2, -0.15) is 5.26 Å². The molecule has 2 aromatic heterocycles. The van der Waals surface area contributed by atoms with Gasteiger partial charge in [-0.05, 0) is 61.1 Å². The van der Waals surface area contributed by atoms with Crippen molar-refractivity contribution in [3.8, 4) is 17.2 Å². The largest absolute Gasteiger partial charge is 0.354 e. The van der Waals surface area contributed by atoms with Gasteiger partial charge in [0, 0.05) is 61.2 Å². The number of nitriles is 1. The standard InChI is InChI=1S/C31H30ClN7S/c1-38(2)13-11-34-19-21-5-4-6-22(15-21)23-7-9-26-28(16-23)36-20-24(18-33)30(26)37-25-8-10-29(27(32)17-25)40-31-35-12-14-39(31)3/h4-10,12,14-17,20,34H,11,13,19H2,1-3H3,(H,36,37). The number of hydrogen-bond acceptors (Lipinski definition) is 7. The SMILES string of the molecule is CN(C)CCNCc1cccc(-c2ccc3c(Nc4ccc(Sc5nccn5C)c(Cl)c4)c(C#N)cnc3c2)c1. The van der Waals surface area contributed by atoms with E-state index in [9.17, 15) is 5.26 Å². The molecule has 5 rings (SSSR count). The van der Waals surface area contributed by atoms with Crippen molar-refractivity contribution in [1.82, 2.24) is 24.8 Å². The minimum absolute atomic E-state index is 0.466. The maximum Gasteiger partial charge on any atom is 0.172 e. The quantitative estimate of drug-likeness (QED) is 0.182. The van der Waals surface area contributed by atoms with E-state index in [-0.39, 0.29) is 0 Å². The number of halogens is 1. The second-order valence-electron chi connectivity index (χ2n) is 9.76. The van der Waals surface area contributed by atoms with Crippen LogP contribution in [0.3, 0.4) is 0 Å². The summed E-state index contributed by atoms with van der Waals surface area (Å²) in [4.78, 5) is 12.0. The van der Waals surface area contributed by atoms with Crippen LogP contribution in [-0.4, -0.2) is 46.6 Å². The molecule has 0 aliphatic carbocycles. The molecule has 0 fully saturated rings. The highest BCUT2D eigenvalue weighted by Gasteiger charge is 2.13. The molecule has 0 atom stereocenters. The van der Waals surface area contributed by atoms with Crippen LogP contribution in [0, 0.1) is 11.3 Å². The van der Waals surface area contributed by atoms with Crippen molar-refractivity contribution in [2.24, 2.45) is 7.05 Å². The fourth-order valence-corrected chi connectivity index (χ4v) is 5.45. The smallest absolute Gasteiger partial charge is 0.172 e. The lowest BCUT2D eigenvalue weighted by Gasteiger charge is -2.14. The Labute approximate surface area is 243 Å². The van der Waals surface area contributed by atoms with Crippen LogP contribution in [0.4, 0.5) is 11.4 Å².